The third kappa shape index (κ3) is 5.78. The molecule has 0 spiro atoms. The molecule has 0 aromatic heterocycles. The lowest BCUT2D eigenvalue weighted by Crippen LogP contribution is -2.48. The average molecular weight is 538 g/mol. The van der Waals surface area contributed by atoms with Gasteiger partial charge in [0.1, 0.15) is 0 Å². The minimum Gasteiger partial charge on any atom is -0.463 e. The van der Waals surface area contributed by atoms with Crippen molar-refractivity contribution in [1.82, 2.24) is 10.2 Å². The number of amides is 3. The van der Waals surface area contributed by atoms with E-state index in [4.69, 9.17) is 4.74 Å². The summed E-state index contributed by atoms with van der Waals surface area (Å²) in [6, 6.07) is 25.9. The van der Waals surface area contributed by atoms with Gasteiger partial charge in [0.25, 0.3) is 0 Å². The summed E-state index contributed by atoms with van der Waals surface area (Å²) in [6.45, 7) is 4.51. The summed E-state index contributed by atoms with van der Waals surface area (Å²) in [5.74, 6) is -0.364. The summed E-state index contributed by atoms with van der Waals surface area (Å²) < 4.78 is 5.52. The van der Waals surface area contributed by atoms with Gasteiger partial charge in [-0.3, -0.25) is 9.69 Å². The van der Waals surface area contributed by atoms with Crippen LogP contribution in [0.2, 0.25) is 0 Å². The molecule has 1 saturated carbocycles. The van der Waals surface area contributed by atoms with Gasteiger partial charge in [-0.25, -0.2) is 9.59 Å². The Balaban J connectivity index is 1.48. The SMILES string of the molecule is CCCCN1C(=O)N[C@H](c2cccc(NC(=O)[C@H]3C[C@H]3c3ccccc3)c2)C(C(=O)OCC)=C1c1ccccc1. The lowest BCUT2D eigenvalue weighted by atomic mass is 9.91. The van der Waals surface area contributed by atoms with E-state index >= 15 is 0 Å². The number of nitrogens with one attached hydrogen (secondary N) is 2. The maximum Gasteiger partial charge on any atom is 0.338 e. The Morgan fingerprint density at radius 1 is 0.950 bits per heavy atom. The van der Waals surface area contributed by atoms with E-state index in [9.17, 15) is 14.4 Å². The van der Waals surface area contributed by atoms with Crippen LogP contribution in [0.4, 0.5) is 10.5 Å². The lowest BCUT2D eigenvalue weighted by molar-refractivity contribution is -0.139. The van der Waals surface area contributed by atoms with Gasteiger partial charge in [-0.2, -0.15) is 0 Å². The molecule has 3 amide bonds. The Hall–Kier alpha value is -4.39. The number of rotatable bonds is 10. The maximum absolute atomic E-state index is 13.5. The molecule has 1 heterocycles. The van der Waals surface area contributed by atoms with Gasteiger partial charge in [0.05, 0.1) is 23.9 Å². The van der Waals surface area contributed by atoms with Gasteiger partial charge in [-0.15, -0.1) is 0 Å². The molecule has 1 fully saturated rings. The largest absolute Gasteiger partial charge is 0.463 e. The zero-order valence-corrected chi connectivity index (χ0v) is 22.9. The Morgan fingerprint density at radius 3 is 2.35 bits per heavy atom. The molecule has 206 valence electrons. The first kappa shape index (κ1) is 27.2. The van der Waals surface area contributed by atoms with Crippen LogP contribution in [0.25, 0.3) is 5.70 Å². The molecule has 1 aliphatic heterocycles. The molecule has 0 unspecified atom stereocenters. The Kier molecular flexibility index (Phi) is 8.29. The van der Waals surface area contributed by atoms with Crippen LogP contribution in [0, 0.1) is 5.92 Å². The minimum absolute atomic E-state index is 0.0319. The molecule has 2 N–H and O–H groups in total. The molecule has 1 aliphatic carbocycles. The third-order valence-electron chi connectivity index (χ3n) is 7.45. The molecule has 5 rings (SSSR count). The number of hydrogen-bond donors (Lipinski definition) is 2. The first-order chi connectivity index (χ1) is 19.5. The molecule has 3 atom stereocenters. The van der Waals surface area contributed by atoms with Crippen LogP contribution >= 0.6 is 0 Å². The molecule has 3 aromatic rings. The van der Waals surface area contributed by atoms with E-state index in [1.165, 1.54) is 5.56 Å². The van der Waals surface area contributed by atoms with Crippen molar-refractivity contribution in [3.8, 4) is 0 Å². The standard InChI is InChI=1S/C33H35N3O4/c1-3-5-19-36-30(23-15-10-7-11-16-23)28(32(38)40-4-2)29(35-33(36)39)24-17-12-18-25(20-24)34-31(37)27-21-26(27)22-13-8-6-9-14-22/h6-18,20,26-27,29H,3-5,19,21H2,1-2H3,(H,34,37)(H,35,39)/t26-,27-,29+/m0/s1. The molecular formula is C33H35N3O4. The molecule has 0 bridgehead atoms. The molecule has 7 nitrogen and oxygen atoms in total. The number of urea groups is 1. The maximum atomic E-state index is 13.5. The Morgan fingerprint density at radius 2 is 1.65 bits per heavy atom. The number of ether oxygens (including phenoxy) is 1. The highest BCUT2D eigenvalue weighted by atomic mass is 16.5. The second kappa shape index (κ2) is 12.2. The van der Waals surface area contributed by atoms with Crippen LogP contribution in [0.3, 0.4) is 0 Å². The fourth-order valence-corrected chi connectivity index (χ4v) is 5.35. The Labute approximate surface area is 235 Å². The topological polar surface area (TPSA) is 87.7 Å². The molecule has 2 aliphatic rings. The highest BCUT2D eigenvalue weighted by Gasteiger charge is 2.44. The van der Waals surface area contributed by atoms with E-state index in [0.717, 1.165) is 24.8 Å². The minimum atomic E-state index is -0.741. The highest BCUT2D eigenvalue weighted by Crippen LogP contribution is 2.48. The molecular weight excluding hydrogens is 502 g/mol. The van der Waals surface area contributed by atoms with Gasteiger partial charge in [-0.05, 0) is 54.5 Å². The van der Waals surface area contributed by atoms with Gasteiger partial charge in [0.15, 0.2) is 0 Å². The molecule has 40 heavy (non-hydrogen) atoms. The van der Waals surface area contributed by atoms with Crippen LogP contribution in [-0.2, 0) is 14.3 Å². The van der Waals surface area contributed by atoms with E-state index in [1.54, 1.807) is 11.8 Å². The van der Waals surface area contributed by atoms with Crippen molar-refractivity contribution in [2.75, 3.05) is 18.5 Å². The van der Waals surface area contributed by atoms with E-state index in [2.05, 4.69) is 29.7 Å². The highest BCUT2D eigenvalue weighted by molar-refractivity contribution is 6.04. The summed E-state index contributed by atoms with van der Waals surface area (Å²) in [5, 5.41) is 6.09. The fraction of sp³-hybridized carbons (Fsp3) is 0.303. The van der Waals surface area contributed by atoms with Gasteiger partial charge in [-0.1, -0.05) is 86.1 Å². The van der Waals surface area contributed by atoms with Crippen LogP contribution in [0.15, 0.2) is 90.5 Å². The molecule has 7 heteroatoms. The second-order valence-corrected chi connectivity index (χ2v) is 10.2. The monoisotopic (exact) mass is 537 g/mol. The van der Waals surface area contributed by atoms with E-state index in [1.807, 2.05) is 72.8 Å². The van der Waals surface area contributed by atoms with E-state index in [-0.39, 0.29) is 30.4 Å². The van der Waals surface area contributed by atoms with E-state index < -0.39 is 12.0 Å². The van der Waals surface area contributed by atoms with Crippen molar-refractivity contribution in [2.45, 2.75) is 45.1 Å². The predicted octanol–water partition coefficient (Wildman–Crippen LogP) is 6.27. The van der Waals surface area contributed by atoms with E-state index in [0.29, 0.717) is 29.1 Å². The summed E-state index contributed by atoms with van der Waals surface area (Å²) in [4.78, 5) is 41.7. The first-order valence-electron chi connectivity index (χ1n) is 14.0. The summed E-state index contributed by atoms with van der Waals surface area (Å²) in [5.41, 5.74) is 4.18. The van der Waals surface area contributed by atoms with Gasteiger partial charge in [0.2, 0.25) is 5.91 Å². The quantitative estimate of drug-likeness (QED) is 0.299. The molecule has 3 aromatic carbocycles. The lowest BCUT2D eigenvalue weighted by Gasteiger charge is -2.37. The van der Waals surface area contributed by atoms with Crippen LogP contribution in [0.1, 0.15) is 61.8 Å². The number of anilines is 1. The van der Waals surface area contributed by atoms with Gasteiger partial charge < -0.3 is 15.4 Å². The molecule has 0 saturated heterocycles. The first-order valence-corrected chi connectivity index (χ1v) is 14.0. The zero-order chi connectivity index (χ0) is 28.1. The Bertz CT molecular complexity index is 1400. The van der Waals surface area contributed by atoms with Crippen molar-refractivity contribution >= 4 is 29.3 Å². The van der Waals surface area contributed by atoms with Gasteiger partial charge in [0, 0.05) is 18.2 Å². The van der Waals surface area contributed by atoms with Crippen molar-refractivity contribution in [3.05, 3.63) is 107 Å². The third-order valence-corrected chi connectivity index (χ3v) is 7.45. The number of nitrogens with zero attached hydrogens (tertiary/aromatic N) is 1. The number of esters is 1. The zero-order valence-electron chi connectivity index (χ0n) is 22.9. The number of benzene rings is 3. The number of carbonyl (C=O) groups is 3. The summed E-state index contributed by atoms with van der Waals surface area (Å²) in [7, 11) is 0. The van der Waals surface area contributed by atoms with Crippen LogP contribution in [-0.4, -0.2) is 36.0 Å². The van der Waals surface area contributed by atoms with Crippen molar-refractivity contribution in [3.63, 3.8) is 0 Å². The summed E-state index contributed by atoms with van der Waals surface area (Å²) in [6.07, 6.45) is 2.51. The smallest absolute Gasteiger partial charge is 0.338 e. The number of hydrogen-bond acceptors (Lipinski definition) is 4. The number of carbonyl (C=O) groups excluding carboxylic acids is 3. The summed E-state index contributed by atoms with van der Waals surface area (Å²) >= 11 is 0. The van der Waals surface area contributed by atoms with Crippen molar-refractivity contribution in [1.29, 1.82) is 0 Å². The van der Waals surface area contributed by atoms with Crippen molar-refractivity contribution < 1.29 is 19.1 Å². The van der Waals surface area contributed by atoms with Crippen LogP contribution in [0.5, 0.6) is 0 Å². The fourth-order valence-electron chi connectivity index (χ4n) is 5.35. The second-order valence-electron chi connectivity index (χ2n) is 10.2. The van der Waals surface area contributed by atoms with Crippen LogP contribution < -0.4 is 10.6 Å². The predicted molar refractivity (Wildman–Crippen MR) is 155 cm³/mol. The number of unbranched alkanes of at least 4 members (excludes halogenated alkanes) is 1. The molecule has 0 radical (unpaired) electrons. The van der Waals surface area contributed by atoms with Crippen molar-refractivity contribution in [2.24, 2.45) is 5.92 Å². The van der Waals surface area contributed by atoms with Gasteiger partial charge >= 0.3 is 12.0 Å². The average Bonchev–Trinajstić information content (AvgIpc) is 3.79. The normalized spacial score (nSPS) is 20.1.